The molecule has 0 aromatic heterocycles. The Balaban J connectivity index is 1.52. The molecular formula is C33H45N3O5. The highest BCUT2D eigenvalue weighted by atomic mass is 16.5. The number of aliphatic hydroxyl groups is 1. The number of ether oxygens (including phenoxy) is 1. The Morgan fingerprint density at radius 2 is 1.68 bits per heavy atom. The van der Waals surface area contributed by atoms with Gasteiger partial charge in [-0.1, -0.05) is 80.8 Å². The molecule has 1 spiro atoms. The summed E-state index contributed by atoms with van der Waals surface area (Å²) >= 11 is 0. The summed E-state index contributed by atoms with van der Waals surface area (Å²) in [7, 11) is 0. The quantitative estimate of drug-likeness (QED) is 0.328. The van der Waals surface area contributed by atoms with Gasteiger partial charge in [0.1, 0.15) is 11.6 Å². The van der Waals surface area contributed by atoms with Gasteiger partial charge < -0.3 is 24.5 Å². The van der Waals surface area contributed by atoms with E-state index >= 15 is 0 Å². The van der Waals surface area contributed by atoms with E-state index in [1.165, 1.54) is 0 Å². The van der Waals surface area contributed by atoms with Crippen molar-refractivity contribution in [2.24, 2.45) is 11.8 Å². The number of carbonyl (C=O) groups excluding carboxylic acids is 3. The van der Waals surface area contributed by atoms with E-state index in [1.807, 2.05) is 71.4 Å². The molecule has 4 aliphatic heterocycles. The van der Waals surface area contributed by atoms with Crippen LogP contribution in [-0.4, -0.2) is 87.1 Å². The Morgan fingerprint density at radius 3 is 2.41 bits per heavy atom. The topological polar surface area (TPSA) is 90.4 Å². The van der Waals surface area contributed by atoms with E-state index < -0.39 is 29.1 Å². The predicted octanol–water partition coefficient (Wildman–Crippen LogP) is 3.70. The Bertz CT molecular complexity index is 1180. The highest BCUT2D eigenvalue weighted by Crippen LogP contribution is 2.57. The fraction of sp³-hybridized carbons (Fsp3) is 0.606. The maximum atomic E-state index is 14.5. The lowest BCUT2D eigenvalue weighted by atomic mass is 9.74. The molecule has 8 heteroatoms. The highest BCUT2D eigenvalue weighted by Gasteiger charge is 2.74. The predicted molar refractivity (Wildman–Crippen MR) is 156 cm³/mol. The first-order valence-corrected chi connectivity index (χ1v) is 15.4. The number of amides is 3. The van der Waals surface area contributed by atoms with Crippen molar-refractivity contribution >= 4 is 17.7 Å². The van der Waals surface area contributed by atoms with Gasteiger partial charge in [0.05, 0.1) is 17.4 Å². The average Bonchev–Trinajstić information content (AvgIpc) is 3.22. The van der Waals surface area contributed by atoms with Crippen molar-refractivity contribution in [3.63, 3.8) is 0 Å². The summed E-state index contributed by atoms with van der Waals surface area (Å²) in [6, 6.07) is 9.09. The highest BCUT2D eigenvalue weighted by molar-refractivity contribution is 6.00. The smallest absolute Gasteiger partial charge is 0.249 e. The normalized spacial score (nSPS) is 31.7. The molecule has 2 fully saturated rings. The number of hydrogen-bond acceptors (Lipinski definition) is 5. The summed E-state index contributed by atoms with van der Waals surface area (Å²) in [4.78, 5) is 48.6. The molecule has 4 aliphatic rings. The molecule has 4 heterocycles. The van der Waals surface area contributed by atoms with Gasteiger partial charge in [-0.15, -0.1) is 0 Å². The lowest BCUT2D eigenvalue weighted by Gasteiger charge is -2.38. The van der Waals surface area contributed by atoms with E-state index in [4.69, 9.17) is 4.74 Å². The third kappa shape index (κ3) is 5.25. The van der Waals surface area contributed by atoms with Gasteiger partial charge >= 0.3 is 0 Å². The van der Waals surface area contributed by atoms with Gasteiger partial charge in [0.2, 0.25) is 17.7 Å². The Morgan fingerprint density at radius 1 is 0.951 bits per heavy atom. The number of aliphatic hydroxyl groups excluding tert-OH is 1. The molecule has 0 radical (unpaired) electrons. The summed E-state index contributed by atoms with van der Waals surface area (Å²) in [6.45, 7) is 7.98. The van der Waals surface area contributed by atoms with Crippen LogP contribution in [0.4, 0.5) is 0 Å². The van der Waals surface area contributed by atoms with Crippen molar-refractivity contribution < 1.29 is 24.2 Å². The summed E-state index contributed by atoms with van der Waals surface area (Å²) in [5.41, 5.74) is -1.20. The minimum Gasteiger partial charge on any atom is -0.396 e. The number of likely N-dealkylation sites (tertiary alicyclic amines) is 1. The second-order valence-electron chi connectivity index (χ2n) is 12.3. The maximum absolute atomic E-state index is 14.5. The van der Waals surface area contributed by atoms with Gasteiger partial charge in [0.15, 0.2) is 0 Å². The van der Waals surface area contributed by atoms with Crippen LogP contribution < -0.4 is 0 Å². The van der Waals surface area contributed by atoms with Crippen LogP contribution >= 0.6 is 0 Å². The molecule has 8 nitrogen and oxygen atoms in total. The molecule has 1 N–H and O–H groups in total. The van der Waals surface area contributed by atoms with Gasteiger partial charge in [-0.3, -0.25) is 14.4 Å². The summed E-state index contributed by atoms with van der Waals surface area (Å²) < 4.78 is 6.94. The zero-order valence-corrected chi connectivity index (χ0v) is 24.7. The molecule has 2 saturated heterocycles. The number of rotatable bonds is 11. The second-order valence-corrected chi connectivity index (χ2v) is 12.3. The first kappa shape index (κ1) is 29.5. The zero-order valence-electron chi connectivity index (χ0n) is 24.7. The SMILES string of the molecule is CCCC(C)N1CC=C[C@]23O[C@@]4(C)C=CCN(Cc5ccccc5)C(=O)[C@H]4[C@H]2C(=O)N(CCCCCCO)C3C1=O. The molecule has 5 rings (SSSR count). The van der Waals surface area contributed by atoms with Crippen molar-refractivity contribution in [2.45, 2.75) is 89.1 Å². The van der Waals surface area contributed by atoms with Crippen molar-refractivity contribution in [1.29, 1.82) is 0 Å². The van der Waals surface area contributed by atoms with E-state index in [1.54, 1.807) is 4.90 Å². The minimum absolute atomic E-state index is 0.0261. The maximum Gasteiger partial charge on any atom is 0.249 e. The van der Waals surface area contributed by atoms with Crippen LogP contribution in [0, 0.1) is 11.8 Å². The first-order chi connectivity index (χ1) is 19.8. The molecule has 2 unspecified atom stereocenters. The van der Waals surface area contributed by atoms with Crippen molar-refractivity contribution in [3.8, 4) is 0 Å². The van der Waals surface area contributed by atoms with Crippen molar-refractivity contribution in [1.82, 2.24) is 14.7 Å². The van der Waals surface area contributed by atoms with Crippen LogP contribution in [0.15, 0.2) is 54.6 Å². The molecule has 0 aliphatic carbocycles. The Hall–Kier alpha value is -2.97. The van der Waals surface area contributed by atoms with Crippen LogP contribution in [0.5, 0.6) is 0 Å². The number of fused-ring (bicyclic) bond motifs is 2. The van der Waals surface area contributed by atoms with Gasteiger partial charge in [0.25, 0.3) is 0 Å². The van der Waals surface area contributed by atoms with Crippen LogP contribution in [0.25, 0.3) is 0 Å². The number of carbonyl (C=O) groups is 3. The monoisotopic (exact) mass is 563 g/mol. The average molecular weight is 564 g/mol. The summed E-state index contributed by atoms with van der Waals surface area (Å²) in [5.74, 6) is -1.90. The van der Waals surface area contributed by atoms with Crippen LogP contribution in [0.2, 0.25) is 0 Å². The fourth-order valence-electron chi connectivity index (χ4n) is 7.49. The van der Waals surface area contributed by atoms with E-state index in [9.17, 15) is 19.5 Å². The second kappa shape index (κ2) is 12.1. The molecule has 0 bridgehead atoms. The van der Waals surface area contributed by atoms with Crippen molar-refractivity contribution in [2.75, 3.05) is 26.2 Å². The zero-order chi connectivity index (χ0) is 29.2. The van der Waals surface area contributed by atoms with Gasteiger partial charge in [-0.25, -0.2) is 0 Å². The lowest BCUT2D eigenvalue weighted by Crippen LogP contribution is -2.57. The number of nitrogens with zero attached hydrogens (tertiary/aromatic N) is 3. The summed E-state index contributed by atoms with van der Waals surface area (Å²) in [6.07, 6.45) is 12.8. The molecule has 0 saturated carbocycles. The van der Waals surface area contributed by atoms with Crippen molar-refractivity contribution in [3.05, 3.63) is 60.2 Å². The van der Waals surface area contributed by atoms with Gasteiger partial charge in [-0.2, -0.15) is 0 Å². The van der Waals surface area contributed by atoms with Crippen LogP contribution in [0.3, 0.4) is 0 Å². The molecular weight excluding hydrogens is 518 g/mol. The molecule has 6 atom stereocenters. The number of unbranched alkanes of at least 4 members (excludes halogenated alkanes) is 3. The fourth-order valence-corrected chi connectivity index (χ4v) is 7.49. The van der Waals surface area contributed by atoms with E-state index in [2.05, 4.69) is 13.8 Å². The Kier molecular flexibility index (Phi) is 8.71. The third-order valence-corrected chi connectivity index (χ3v) is 9.43. The number of benzene rings is 1. The molecule has 1 aromatic rings. The third-order valence-electron chi connectivity index (χ3n) is 9.43. The van der Waals surface area contributed by atoms with Crippen LogP contribution in [0.1, 0.15) is 64.9 Å². The largest absolute Gasteiger partial charge is 0.396 e. The molecule has 1 aromatic carbocycles. The first-order valence-electron chi connectivity index (χ1n) is 15.4. The molecule has 41 heavy (non-hydrogen) atoms. The van der Waals surface area contributed by atoms with Gasteiger partial charge in [0, 0.05) is 38.8 Å². The van der Waals surface area contributed by atoms with E-state index in [0.717, 1.165) is 44.1 Å². The van der Waals surface area contributed by atoms with Crippen LogP contribution in [-0.2, 0) is 25.7 Å². The number of hydrogen-bond donors (Lipinski definition) is 1. The molecule has 222 valence electrons. The van der Waals surface area contributed by atoms with E-state index in [0.29, 0.717) is 26.2 Å². The Labute approximate surface area is 244 Å². The van der Waals surface area contributed by atoms with E-state index in [-0.39, 0.29) is 30.4 Å². The molecule has 3 amide bonds. The lowest BCUT2D eigenvalue weighted by molar-refractivity contribution is -0.154. The summed E-state index contributed by atoms with van der Waals surface area (Å²) in [5, 5.41) is 9.19. The standard InChI is InChI=1S/C33H45N3O5/c1-4-14-24(2)35-21-13-18-33-27(30(39)36(28(33)31(35)40)20-10-5-6-11-22-37)26-29(38)34(19-12-17-32(26,3)41-33)23-25-15-8-7-9-16-25/h7-9,12-13,15-18,24,26-28,37H,4-6,10-11,14,19-23H2,1-3H3/t24?,26-,27+,28?,32+,33+/m1/s1. The minimum atomic E-state index is -1.21. The van der Waals surface area contributed by atoms with Gasteiger partial charge in [-0.05, 0) is 38.7 Å².